The van der Waals surface area contributed by atoms with E-state index in [1.807, 2.05) is 0 Å². The van der Waals surface area contributed by atoms with Crippen LogP contribution in [0.15, 0.2) is 8.78 Å². The number of halogens is 2. The Kier molecular flexibility index (Phi) is 5.97. The highest BCUT2D eigenvalue weighted by atomic mass is 127. The topological polar surface area (TPSA) is 0 Å². The van der Waals surface area contributed by atoms with Gasteiger partial charge in [-0.2, -0.15) is 0 Å². The van der Waals surface area contributed by atoms with Crippen LogP contribution in [0.1, 0.15) is 20.3 Å². The fourth-order valence-corrected chi connectivity index (χ4v) is 3.41. The fourth-order valence-electron chi connectivity index (χ4n) is 1.15. The van der Waals surface area contributed by atoms with E-state index < -0.39 is 8.07 Å². The van der Waals surface area contributed by atoms with Crippen molar-refractivity contribution in [3.63, 3.8) is 0 Å². The van der Waals surface area contributed by atoms with Crippen LogP contribution in [0.4, 0.5) is 0 Å². The molecule has 0 aromatic heterocycles. The minimum Gasteiger partial charge on any atom is -0.0826 e. The van der Waals surface area contributed by atoms with Crippen molar-refractivity contribution >= 4 is 53.3 Å². The quantitative estimate of drug-likeness (QED) is 0.358. The van der Waals surface area contributed by atoms with Crippen molar-refractivity contribution in [3.8, 4) is 0 Å². The molecule has 0 rings (SSSR count). The maximum absolute atomic E-state index is 2.55. The van der Waals surface area contributed by atoms with E-state index in [0.29, 0.717) is 0 Å². The maximum atomic E-state index is 2.55. The third-order valence-corrected chi connectivity index (χ3v) is 9.58. The van der Waals surface area contributed by atoms with E-state index in [1.165, 1.54) is 6.42 Å². The first-order valence-electron chi connectivity index (χ1n) is 4.25. The van der Waals surface area contributed by atoms with Crippen molar-refractivity contribution in [2.24, 2.45) is 0 Å². The van der Waals surface area contributed by atoms with Gasteiger partial charge in [-0.1, -0.05) is 77.3 Å². The van der Waals surface area contributed by atoms with Crippen LogP contribution >= 0.6 is 45.2 Å². The zero-order valence-electron chi connectivity index (χ0n) is 8.54. The van der Waals surface area contributed by atoms with E-state index in [-0.39, 0.29) is 0 Å². The Morgan fingerprint density at radius 2 is 1.75 bits per heavy atom. The van der Waals surface area contributed by atoms with Crippen LogP contribution < -0.4 is 0 Å². The molecule has 0 aromatic rings. The summed E-state index contributed by atoms with van der Waals surface area (Å²) in [6, 6.07) is 0. The predicted octanol–water partition coefficient (Wildman–Crippen LogP) is 4.79. The summed E-state index contributed by atoms with van der Waals surface area (Å²) in [5.74, 6) is 0. The molecular weight excluding hydrogens is 390 g/mol. The first-order chi connectivity index (χ1) is 5.25. The van der Waals surface area contributed by atoms with Gasteiger partial charge in [0.05, 0.1) is 8.07 Å². The lowest BCUT2D eigenvalue weighted by Crippen LogP contribution is -2.21. The van der Waals surface area contributed by atoms with Crippen LogP contribution in [0.25, 0.3) is 0 Å². The lowest BCUT2D eigenvalue weighted by atomic mass is 10.2. The molecule has 0 spiro atoms. The summed E-state index contributed by atoms with van der Waals surface area (Å²) in [4.78, 5) is 0. The molecule has 1 unspecified atom stereocenters. The van der Waals surface area contributed by atoms with Gasteiger partial charge in [0.25, 0.3) is 0 Å². The van der Waals surface area contributed by atoms with Crippen molar-refractivity contribution in [2.45, 2.75) is 43.8 Å². The summed E-state index contributed by atoms with van der Waals surface area (Å²) in [5, 5.41) is 0. The molecule has 0 saturated carbocycles. The molecule has 72 valence electrons. The third kappa shape index (κ3) is 5.21. The lowest BCUT2D eigenvalue weighted by molar-refractivity contribution is 0.957. The molecule has 0 aliphatic rings. The normalized spacial score (nSPS) is 17.2. The van der Waals surface area contributed by atoms with Gasteiger partial charge in [0.15, 0.2) is 0 Å². The van der Waals surface area contributed by atoms with Crippen LogP contribution in [-0.4, -0.2) is 12.0 Å². The molecule has 0 nitrogen and oxygen atoms in total. The summed E-state index contributed by atoms with van der Waals surface area (Å²) in [5.41, 5.74) is 1.61. The first-order valence-corrected chi connectivity index (χ1v) is 10.1. The molecule has 0 N–H and O–H groups in total. The molecular formula is C9H18I2Si. The zero-order chi connectivity index (χ0) is 9.94. The Bertz CT molecular complexity index is 177. The highest BCUT2D eigenvalue weighted by Gasteiger charge is 2.19. The average molecular weight is 408 g/mol. The lowest BCUT2D eigenvalue weighted by Gasteiger charge is -2.19. The highest BCUT2D eigenvalue weighted by molar-refractivity contribution is 14.1. The van der Waals surface area contributed by atoms with E-state index in [1.54, 1.807) is 8.78 Å². The fraction of sp³-hybridized carbons (Fsp3) is 0.778. The van der Waals surface area contributed by atoms with E-state index in [2.05, 4.69) is 78.7 Å². The molecule has 0 saturated heterocycles. The number of hydrogen-bond donors (Lipinski definition) is 0. The van der Waals surface area contributed by atoms with Crippen molar-refractivity contribution in [2.75, 3.05) is 0 Å². The van der Waals surface area contributed by atoms with Crippen molar-refractivity contribution in [1.29, 1.82) is 0 Å². The summed E-state index contributed by atoms with van der Waals surface area (Å²) in [7, 11) is -1.03. The maximum Gasteiger partial charge on any atom is 0.0853 e. The molecule has 0 aliphatic carbocycles. The molecule has 0 aromatic carbocycles. The molecule has 0 aliphatic heterocycles. The molecule has 0 bridgehead atoms. The Morgan fingerprint density at radius 3 is 2.00 bits per heavy atom. The molecule has 0 radical (unpaired) electrons. The van der Waals surface area contributed by atoms with E-state index in [9.17, 15) is 0 Å². The van der Waals surface area contributed by atoms with Gasteiger partial charge < -0.3 is 0 Å². The minimum absolute atomic E-state index is 0.767. The van der Waals surface area contributed by atoms with Crippen LogP contribution in [0.2, 0.25) is 19.6 Å². The van der Waals surface area contributed by atoms with Crippen LogP contribution in [0, 0.1) is 0 Å². The molecule has 1 atom stereocenters. The number of alkyl halides is 1. The Morgan fingerprint density at radius 1 is 1.33 bits per heavy atom. The number of allylic oxidation sites excluding steroid dienone is 1. The Hall–Kier alpha value is 1.42. The minimum atomic E-state index is -1.03. The van der Waals surface area contributed by atoms with Gasteiger partial charge in [0.1, 0.15) is 0 Å². The van der Waals surface area contributed by atoms with Crippen LogP contribution in [0.3, 0.4) is 0 Å². The Labute approximate surface area is 105 Å². The second-order valence-electron chi connectivity index (χ2n) is 4.33. The monoisotopic (exact) mass is 408 g/mol. The van der Waals surface area contributed by atoms with Crippen molar-refractivity contribution in [3.05, 3.63) is 8.78 Å². The Balaban J connectivity index is 4.47. The first kappa shape index (κ1) is 13.4. The third-order valence-electron chi connectivity index (χ3n) is 1.62. The summed E-state index contributed by atoms with van der Waals surface area (Å²) in [6.07, 6.45) is 1.25. The molecule has 0 heterocycles. The van der Waals surface area contributed by atoms with E-state index >= 15 is 0 Å². The molecule has 3 heteroatoms. The summed E-state index contributed by atoms with van der Waals surface area (Å²) < 4.78 is 2.42. The van der Waals surface area contributed by atoms with Crippen molar-refractivity contribution < 1.29 is 0 Å². The van der Waals surface area contributed by atoms with E-state index in [4.69, 9.17) is 0 Å². The largest absolute Gasteiger partial charge is 0.0853 e. The smallest absolute Gasteiger partial charge is 0.0826 e. The van der Waals surface area contributed by atoms with Gasteiger partial charge in [-0.05, 0) is 16.5 Å². The van der Waals surface area contributed by atoms with Crippen LogP contribution in [-0.2, 0) is 0 Å². The molecule has 0 fully saturated rings. The number of rotatable bonds is 3. The highest BCUT2D eigenvalue weighted by Crippen LogP contribution is 2.28. The molecule has 0 amide bonds. The standard InChI is InChI=1S/C9H18I2Si/c1-7(6-8(2)10)9(11)12(3,4)5/h8H,6H2,1-5H3/b9-7+. The number of hydrogen-bond acceptors (Lipinski definition) is 0. The average Bonchev–Trinajstić information content (AvgIpc) is 1.82. The van der Waals surface area contributed by atoms with Gasteiger partial charge in [-0.15, -0.1) is 0 Å². The van der Waals surface area contributed by atoms with Gasteiger partial charge in [0.2, 0.25) is 0 Å². The SMILES string of the molecule is C/C(CC(C)I)=C(/I)[Si](C)(C)C. The van der Waals surface area contributed by atoms with Crippen molar-refractivity contribution in [1.82, 2.24) is 0 Å². The van der Waals surface area contributed by atoms with Gasteiger partial charge in [0, 0.05) is 3.92 Å². The van der Waals surface area contributed by atoms with E-state index in [0.717, 1.165) is 3.92 Å². The molecule has 12 heavy (non-hydrogen) atoms. The van der Waals surface area contributed by atoms with Gasteiger partial charge in [-0.3, -0.25) is 0 Å². The second-order valence-corrected chi connectivity index (χ2v) is 13.6. The van der Waals surface area contributed by atoms with Crippen LogP contribution in [0.5, 0.6) is 0 Å². The second kappa shape index (κ2) is 5.34. The van der Waals surface area contributed by atoms with Gasteiger partial charge >= 0.3 is 0 Å². The summed E-state index contributed by atoms with van der Waals surface area (Å²) >= 11 is 5.04. The van der Waals surface area contributed by atoms with Gasteiger partial charge in [-0.25, -0.2) is 0 Å². The predicted molar refractivity (Wildman–Crippen MR) is 78.2 cm³/mol. The summed E-state index contributed by atoms with van der Waals surface area (Å²) in [6.45, 7) is 11.8. The zero-order valence-corrected chi connectivity index (χ0v) is 13.9.